The second kappa shape index (κ2) is 6.11. The van der Waals surface area contributed by atoms with Crippen LogP contribution in [0.3, 0.4) is 0 Å². The fourth-order valence-electron chi connectivity index (χ4n) is 4.86. The summed E-state index contributed by atoms with van der Waals surface area (Å²) in [6.07, 6.45) is 7.65. The number of hydrogen-bond donors (Lipinski definition) is 2. The van der Waals surface area contributed by atoms with Gasteiger partial charge >= 0.3 is 0 Å². The van der Waals surface area contributed by atoms with Gasteiger partial charge in [-0.05, 0) is 43.7 Å². The second-order valence-electron chi connectivity index (χ2n) is 7.05. The van der Waals surface area contributed by atoms with Crippen molar-refractivity contribution in [3.05, 3.63) is 0 Å². The molecular formula is C16H30N2O. The number of rotatable bonds is 5. The van der Waals surface area contributed by atoms with E-state index in [-0.39, 0.29) is 6.10 Å². The highest BCUT2D eigenvalue weighted by molar-refractivity contribution is 4.98. The molecule has 4 unspecified atom stereocenters. The summed E-state index contributed by atoms with van der Waals surface area (Å²) in [7, 11) is 0. The summed E-state index contributed by atoms with van der Waals surface area (Å²) in [5.74, 6) is 2.48. The molecule has 0 aromatic carbocycles. The van der Waals surface area contributed by atoms with E-state index in [0.717, 1.165) is 30.7 Å². The predicted octanol–water partition coefficient (Wildman–Crippen LogP) is 1.86. The minimum absolute atomic E-state index is 0.0936. The topological polar surface area (TPSA) is 35.5 Å². The number of hydrogen-bond acceptors (Lipinski definition) is 3. The van der Waals surface area contributed by atoms with Crippen LogP contribution in [0.5, 0.6) is 0 Å². The molecule has 2 heterocycles. The molecule has 0 spiro atoms. The number of likely N-dealkylation sites (tertiary alicyclic amines) is 1. The lowest BCUT2D eigenvalue weighted by Gasteiger charge is -2.29. The second-order valence-corrected chi connectivity index (χ2v) is 7.05. The lowest BCUT2D eigenvalue weighted by Crippen LogP contribution is -2.40. The summed E-state index contributed by atoms with van der Waals surface area (Å²) in [6.45, 7) is 6.82. The van der Waals surface area contributed by atoms with Gasteiger partial charge in [-0.1, -0.05) is 32.6 Å². The summed E-state index contributed by atoms with van der Waals surface area (Å²) >= 11 is 0. The molecule has 1 saturated carbocycles. The van der Waals surface area contributed by atoms with Gasteiger partial charge in [-0.25, -0.2) is 0 Å². The maximum absolute atomic E-state index is 10.4. The third-order valence-corrected chi connectivity index (χ3v) is 5.77. The standard InChI is InChI=1S/C16H30N2O/c1-2-16-15-9-17-8-13(15)10-18(16)11-14(19)7-12-5-3-4-6-12/h12-17,19H,2-11H2,1H3. The minimum Gasteiger partial charge on any atom is -0.392 e. The molecule has 1 aliphatic carbocycles. The van der Waals surface area contributed by atoms with E-state index in [1.54, 1.807) is 0 Å². The van der Waals surface area contributed by atoms with Gasteiger partial charge < -0.3 is 10.4 Å². The van der Waals surface area contributed by atoms with Crippen molar-refractivity contribution in [2.24, 2.45) is 17.8 Å². The zero-order chi connectivity index (χ0) is 13.2. The summed E-state index contributed by atoms with van der Waals surface area (Å²) in [5.41, 5.74) is 0. The Bertz CT molecular complexity index is 290. The molecule has 0 bridgehead atoms. The van der Waals surface area contributed by atoms with Crippen LogP contribution in [0.25, 0.3) is 0 Å². The van der Waals surface area contributed by atoms with Crippen LogP contribution in [0.2, 0.25) is 0 Å². The lowest BCUT2D eigenvalue weighted by molar-refractivity contribution is 0.0789. The molecule has 3 rings (SSSR count). The van der Waals surface area contributed by atoms with Gasteiger partial charge in [0.25, 0.3) is 0 Å². The van der Waals surface area contributed by atoms with Crippen molar-refractivity contribution in [2.75, 3.05) is 26.2 Å². The van der Waals surface area contributed by atoms with Crippen LogP contribution in [0.15, 0.2) is 0 Å². The Kier molecular flexibility index (Phi) is 4.45. The largest absolute Gasteiger partial charge is 0.392 e. The molecule has 0 radical (unpaired) electrons. The number of aliphatic hydroxyl groups excluding tert-OH is 1. The molecule has 4 atom stereocenters. The van der Waals surface area contributed by atoms with Crippen LogP contribution in [-0.2, 0) is 0 Å². The first-order valence-electron chi connectivity index (χ1n) is 8.40. The van der Waals surface area contributed by atoms with Crippen molar-refractivity contribution < 1.29 is 5.11 Å². The molecule has 3 fully saturated rings. The highest BCUT2D eigenvalue weighted by Gasteiger charge is 2.43. The third-order valence-electron chi connectivity index (χ3n) is 5.77. The molecule has 0 aromatic rings. The van der Waals surface area contributed by atoms with Crippen LogP contribution in [0, 0.1) is 17.8 Å². The Morgan fingerprint density at radius 1 is 1.26 bits per heavy atom. The number of aliphatic hydroxyl groups is 1. The van der Waals surface area contributed by atoms with E-state index in [1.807, 2.05) is 0 Å². The van der Waals surface area contributed by atoms with E-state index in [0.29, 0.717) is 6.04 Å². The Hall–Kier alpha value is -0.120. The number of nitrogens with one attached hydrogen (secondary N) is 1. The van der Waals surface area contributed by atoms with Crippen molar-refractivity contribution in [3.63, 3.8) is 0 Å². The normalized spacial score (nSPS) is 37.9. The van der Waals surface area contributed by atoms with E-state index >= 15 is 0 Å². The highest BCUT2D eigenvalue weighted by Crippen LogP contribution is 2.35. The fourth-order valence-corrected chi connectivity index (χ4v) is 4.86. The Balaban J connectivity index is 1.51. The molecule has 3 heteroatoms. The van der Waals surface area contributed by atoms with Gasteiger partial charge in [-0.15, -0.1) is 0 Å². The maximum atomic E-state index is 10.4. The van der Waals surface area contributed by atoms with Gasteiger partial charge in [0, 0.05) is 19.1 Å². The van der Waals surface area contributed by atoms with Crippen molar-refractivity contribution in [2.45, 2.75) is 57.6 Å². The number of nitrogens with zero attached hydrogens (tertiary/aromatic N) is 1. The monoisotopic (exact) mass is 266 g/mol. The van der Waals surface area contributed by atoms with Crippen LogP contribution in [-0.4, -0.2) is 48.3 Å². The molecule has 0 amide bonds. The van der Waals surface area contributed by atoms with Gasteiger partial charge in [-0.2, -0.15) is 0 Å². The van der Waals surface area contributed by atoms with Crippen molar-refractivity contribution in [1.29, 1.82) is 0 Å². The highest BCUT2D eigenvalue weighted by atomic mass is 16.3. The summed E-state index contributed by atoms with van der Waals surface area (Å²) in [5, 5.41) is 13.9. The lowest BCUT2D eigenvalue weighted by atomic mass is 9.92. The molecule has 3 nitrogen and oxygen atoms in total. The summed E-state index contributed by atoms with van der Waals surface area (Å²) < 4.78 is 0. The zero-order valence-corrected chi connectivity index (χ0v) is 12.4. The van der Waals surface area contributed by atoms with E-state index in [2.05, 4.69) is 17.1 Å². The first-order chi connectivity index (χ1) is 9.28. The SMILES string of the molecule is CCC1C2CNCC2CN1CC(O)CC1CCCC1. The van der Waals surface area contributed by atoms with Gasteiger partial charge in [-0.3, -0.25) is 4.90 Å². The third kappa shape index (κ3) is 2.98. The molecule has 19 heavy (non-hydrogen) atoms. The van der Waals surface area contributed by atoms with Gasteiger partial charge in [0.1, 0.15) is 0 Å². The van der Waals surface area contributed by atoms with E-state index in [4.69, 9.17) is 0 Å². The fraction of sp³-hybridized carbons (Fsp3) is 1.00. The van der Waals surface area contributed by atoms with E-state index in [9.17, 15) is 5.11 Å². The Labute approximate surface area is 117 Å². The molecule has 2 aliphatic heterocycles. The molecule has 2 saturated heterocycles. The number of β-amino-alcohol motifs (C(OH)–C–C–N with tert-alkyl or cyclic N) is 1. The summed E-state index contributed by atoms with van der Waals surface area (Å²) in [6, 6.07) is 0.707. The van der Waals surface area contributed by atoms with Crippen LogP contribution >= 0.6 is 0 Å². The molecule has 2 N–H and O–H groups in total. The van der Waals surface area contributed by atoms with Gasteiger partial charge in [0.2, 0.25) is 0 Å². The Morgan fingerprint density at radius 3 is 2.79 bits per heavy atom. The minimum atomic E-state index is -0.0936. The molecule has 110 valence electrons. The Morgan fingerprint density at radius 2 is 2.05 bits per heavy atom. The molecular weight excluding hydrogens is 236 g/mol. The first-order valence-corrected chi connectivity index (χ1v) is 8.40. The van der Waals surface area contributed by atoms with E-state index < -0.39 is 0 Å². The van der Waals surface area contributed by atoms with Crippen molar-refractivity contribution >= 4 is 0 Å². The van der Waals surface area contributed by atoms with Gasteiger partial charge in [0.05, 0.1) is 6.10 Å². The maximum Gasteiger partial charge on any atom is 0.0669 e. The summed E-state index contributed by atoms with van der Waals surface area (Å²) in [4.78, 5) is 2.59. The average Bonchev–Trinajstić information content (AvgIpc) is 3.05. The number of fused-ring (bicyclic) bond motifs is 1. The average molecular weight is 266 g/mol. The predicted molar refractivity (Wildman–Crippen MR) is 78.1 cm³/mol. The van der Waals surface area contributed by atoms with Crippen LogP contribution in [0.4, 0.5) is 0 Å². The van der Waals surface area contributed by atoms with Crippen LogP contribution in [0.1, 0.15) is 45.4 Å². The van der Waals surface area contributed by atoms with Gasteiger partial charge in [0.15, 0.2) is 0 Å². The van der Waals surface area contributed by atoms with E-state index in [1.165, 1.54) is 51.7 Å². The first kappa shape index (κ1) is 13.8. The van der Waals surface area contributed by atoms with Crippen LogP contribution < -0.4 is 5.32 Å². The zero-order valence-electron chi connectivity index (χ0n) is 12.4. The van der Waals surface area contributed by atoms with Crippen molar-refractivity contribution in [3.8, 4) is 0 Å². The quantitative estimate of drug-likeness (QED) is 0.797. The molecule has 3 aliphatic rings. The smallest absolute Gasteiger partial charge is 0.0669 e. The van der Waals surface area contributed by atoms with Crippen molar-refractivity contribution in [1.82, 2.24) is 10.2 Å². The molecule has 0 aromatic heterocycles.